The number of ether oxygens (including phenoxy) is 1. The van der Waals surface area contributed by atoms with E-state index in [0.29, 0.717) is 24.7 Å². The van der Waals surface area contributed by atoms with Crippen molar-refractivity contribution >= 4 is 5.78 Å². The van der Waals surface area contributed by atoms with Gasteiger partial charge >= 0.3 is 0 Å². The van der Waals surface area contributed by atoms with Crippen molar-refractivity contribution in [3.63, 3.8) is 0 Å². The number of rotatable bonds is 6. The summed E-state index contributed by atoms with van der Waals surface area (Å²) >= 11 is 0. The van der Waals surface area contributed by atoms with Gasteiger partial charge in [0, 0.05) is 19.4 Å². The van der Waals surface area contributed by atoms with Gasteiger partial charge < -0.3 is 4.74 Å². The van der Waals surface area contributed by atoms with Crippen LogP contribution in [0.2, 0.25) is 0 Å². The predicted molar refractivity (Wildman–Crippen MR) is 72.7 cm³/mol. The molecule has 1 heterocycles. The molecule has 0 bridgehead atoms. The van der Waals surface area contributed by atoms with Crippen molar-refractivity contribution in [2.24, 2.45) is 0 Å². The lowest BCUT2D eigenvalue weighted by Gasteiger charge is -2.08. The van der Waals surface area contributed by atoms with Crippen molar-refractivity contribution in [2.75, 3.05) is 6.61 Å². The fourth-order valence-electron chi connectivity index (χ4n) is 2.36. The van der Waals surface area contributed by atoms with E-state index in [0.717, 1.165) is 32.3 Å². The maximum absolute atomic E-state index is 11.8. The van der Waals surface area contributed by atoms with E-state index in [-0.39, 0.29) is 0 Å². The fourth-order valence-corrected chi connectivity index (χ4v) is 2.36. The average molecular weight is 246 g/mol. The van der Waals surface area contributed by atoms with Gasteiger partial charge in [0.1, 0.15) is 5.78 Å². The molecule has 1 fully saturated rings. The highest BCUT2D eigenvalue weighted by Crippen LogP contribution is 2.17. The molecule has 18 heavy (non-hydrogen) atoms. The van der Waals surface area contributed by atoms with Gasteiger partial charge in [0.25, 0.3) is 0 Å². The minimum atomic E-state index is 0.341. The Hall–Kier alpha value is -1.15. The maximum Gasteiger partial charge on any atom is 0.133 e. The van der Waals surface area contributed by atoms with Crippen LogP contribution >= 0.6 is 0 Å². The van der Waals surface area contributed by atoms with E-state index < -0.39 is 0 Å². The molecule has 2 rings (SSSR count). The zero-order valence-electron chi connectivity index (χ0n) is 11.2. The lowest BCUT2D eigenvalue weighted by Crippen LogP contribution is -2.09. The first-order valence-electron chi connectivity index (χ1n) is 6.93. The van der Waals surface area contributed by atoms with Gasteiger partial charge in [-0.3, -0.25) is 4.79 Å². The minimum Gasteiger partial charge on any atom is -0.378 e. The smallest absolute Gasteiger partial charge is 0.133 e. The van der Waals surface area contributed by atoms with Gasteiger partial charge in [-0.2, -0.15) is 0 Å². The summed E-state index contributed by atoms with van der Waals surface area (Å²) in [5.74, 6) is 0.367. The first-order valence-corrected chi connectivity index (χ1v) is 6.93. The van der Waals surface area contributed by atoms with Crippen LogP contribution in [0.1, 0.15) is 43.2 Å². The van der Waals surface area contributed by atoms with Crippen LogP contribution in [0.4, 0.5) is 0 Å². The molecule has 2 heteroatoms. The molecule has 0 aliphatic carbocycles. The van der Waals surface area contributed by atoms with E-state index in [9.17, 15) is 4.79 Å². The van der Waals surface area contributed by atoms with Gasteiger partial charge in [0.05, 0.1) is 6.10 Å². The molecule has 1 unspecified atom stereocenters. The van der Waals surface area contributed by atoms with Crippen LogP contribution in [0.25, 0.3) is 0 Å². The highest BCUT2D eigenvalue weighted by atomic mass is 16.5. The van der Waals surface area contributed by atoms with Gasteiger partial charge in [-0.15, -0.1) is 0 Å². The van der Waals surface area contributed by atoms with Crippen molar-refractivity contribution in [1.82, 2.24) is 0 Å². The van der Waals surface area contributed by atoms with Crippen LogP contribution in [0, 0.1) is 6.92 Å². The van der Waals surface area contributed by atoms with Gasteiger partial charge in [-0.25, -0.2) is 0 Å². The minimum absolute atomic E-state index is 0.341. The Bertz CT molecular complexity index is 375. The molecule has 0 spiro atoms. The Labute approximate surface area is 109 Å². The third-order valence-electron chi connectivity index (χ3n) is 3.58. The molecule has 1 atom stereocenters. The molecular formula is C16H22O2. The lowest BCUT2D eigenvalue weighted by molar-refractivity contribution is -0.119. The Morgan fingerprint density at radius 2 is 2.06 bits per heavy atom. The molecule has 1 saturated heterocycles. The van der Waals surface area contributed by atoms with E-state index in [1.165, 1.54) is 11.1 Å². The molecular weight excluding hydrogens is 224 g/mol. The van der Waals surface area contributed by atoms with Crippen molar-refractivity contribution in [3.05, 3.63) is 35.4 Å². The molecule has 0 radical (unpaired) electrons. The maximum atomic E-state index is 11.8. The Kier molecular flexibility index (Phi) is 4.94. The van der Waals surface area contributed by atoms with Crippen molar-refractivity contribution in [2.45, 2.75) is 51.6 Å². The third-order valence-corrected chi connectivity index (χ3v) is 3.58. The number of Topliss-reactive ketones (excluding diaryl/α,β-unsaturated/α-hetero) is 1. The van der Waals surface area contributed by atoms with E-state index >= 15 is 0 Å². The number of ketones is 1. The second kappa shape index (κ2) is 6.69. The summed E-state index contributed by atoms with van der Waals surface area (Å²) in [5, 5.41) is 0. The Balaban J connectivity index is 1.66. The number of carbonyl (C=O) groups is 1. The topological polar surface area (TPSA) is 26.3 Å². The van der Waals surface area contributed by atoms with Gasteiger partial charge in [0.15, 0.2) is 0 Å². The molecule has 2 nitrogen and oxygen atoms in total. The normalized spacial score (nSPS) is 19.1. The SMILES string of the molecule is Cc1ccc(CCC(=O)CCC2CCCO2)cc1. The summed E-state index contributed by atoms with van der Waals surface area (Å²) in [6.45, 7) is 2.96. The molecule has 0 N–H and O–H groups in total. The number of hydrogen-bond donors (Lipinski definition) is 0. The number of aryl methyl sites for hydroxylation is 2. The standard InChI is InChI=1S/C16H22O2/c1-13-4-6-14(7-5-13)8-9-15(17)10-11-16-3-2-12-18-16/h4-7,16H,2-3,8-12H2,1H3. The summed E-state index contributed by atoms with van der Waals surface area (Å²) in [6.07, 6.45) is 5.74. The molecule has 1 aliphatic heterocycles. The van der Waals surface area contributed by atoms with E-state index in [2.05, 4.69) is 31.2 Å². The second-order valence-corrected chi connectivity index (χ2v) is 5.20. The number of benzene rings is 1. The molecule has 1 aromatic rings. The second-order valence-electron chi connectivity index (χ2n) is 5.20. The zero-order valence-corrected chi connectivity index (χ0v) is 11.2. The molecule has 1 aromatic carbocycles. The first kappa shape index (κ1) is 13.3. The van der Waals surface area contributed by atoms with E-state index in [4.69, 9.17) is 4.74 Å². The molecule has 1 aliphatic rings. The fraction of sp³-hybridized carbons (Fsp3) is 0.562. The van der Waals surface area contributed by atoms with Crippen LogP contribution in [0.3, 0.4) is 0 Å². The van der Waals surface area contributed by atoms with Crippen LogP contribution in [0.5, 0.6) is 0 Å². The van der Waals surface area contributed by atoms with Crippen molar-refractivity contribution in [1.29, 1.82) is 0 Å². The van der Waals surface area contributed by atoms with E-state index in [1.807, 2.05) is 0 Å². The van der Waals surface area contributed by atoms with Gasteiger partial charge in [0.2, 0.25) is 0 Å². The number of carbonyl (C=O) groups excluding carboxylic acids is 1. The van der Waals surface area contributed by atoms with Crippen LogP contribution in [0.15, 0.2) is 24.3 Å². The zero-order chi connectivity index (χ0) is 12.8. The first-order chi connectivity index (χ1) is 8.74. The number of hydrogen-bond acceptors (Lipinski definition) is 2. The van der Waals surface area contributed by atoms with Gasteiger partial charge in [-0.05, 0) is 38.2 Å². The highest BCUT2D eigenvalue weighted by Gasteiger charge is 2.16. The monoisotopic (exact) mass is 246 g/mol. The van der Waals surface area contributed by atoms with Crippen molar-refractivity contribution < 1.29 is 9.53 Å². The molecule has 0 aromatic heterocycles. The van der Waals surface area contributed by atoms with Crippen LogP contribution in [-0.2, 0) is 16.0 Å². The summed E-state index contributed by atoms with van der Waals surface area (Å²) in [7, 11) is 0. The molecule has 0 saturated carbocycles. The lowest BCUT2D eigenvalue weighted by atomic mass is 10.0. The van der Waals surface area contributed by atoms with E-state index in [1.54, 1.807) is 0 Å². The summed E-state index contributed by atoms with van der Waals surface area (Å²) in [5.41, 5.74) is 2.52. The van der Waals surface area contributed by atoms with Crippen LogP contribution in [-0.4, -0.2) is 18.5 Å². The third kappa shape index (κ3) is 4.26. The summed E-state index contributed by atoms with van der Waals surface area (Å²) in [6, 6.07) is 8.43. The summed E-state index contributed by atoms with van der Waals surface area (Å²) in [4.78, 5) is 11.8. The average Bonchev–Trinajstić information content (AvgIpc) is 2.89. The van der Waals surface area contributed by atoms with Crippen molar-refractivity contribution in [3.8, 4) is 0 Å². The Morgan fingerprint density at radius 1 is 1.28 bits per heavy atom. The summed E-state index contributed by atoms with van der Waals surface area (Å²) < 4.78 is 5.53. The quantitative estimate of drug-likeness (QED) is 0.768. The van der Waals surface area contributed by atoms with Crippen LogP contribution < -0.4 is 0 Å². The highest BCUT2D eigenvalue weighted by molar-refractivity contribution is 5.78. The largest absolute Gasteiger partial charge is 0.378 e. The predicted octanol–water partition coefficient (Wildman–Crippen LogP) is 3.46. The molecule has 0 amide bonds. The van der Waals surface area contributed by atoms with Gasteiger partial charge in [-0.1, -0.05) is 29.8 Å². The Morgan fingerprint density at radius 3 is 2.72 bits per heavy atom. The molecule has 98 valence electrons.